The maximum Gasteiger partial charge on any atom is 0.201 e. The predicted octanol–water partition coefficient (Wildman–Crippen LogP) is 9.04. The number of ether oxygens (including phenoxy) is 1. The first-order valence-electron chi connectivity index (χ1n) is 12.2. The average Bonchev–Trinajstić information content (AvgIpc) is 2.91. The molecule has 184 valence electrons. The minimum atomic E-state index is -1.10. The minimum Gasteiger partial charge on any atom is -0.490 e. The van der Waals surface area contributed by atoms with Crippen LogP contribution in [0.3, 0.4) is 0 Å². The van der Waals surface area contributed by atoms with Gasteiger partial charge >= 0.3 is 0 Å². The SMILES string of the molecule is C=Cc1ccc(-c2ccc(CCc3ccc(-c4ccc(OCCCC)c(F)c4F)c(F)c3)cc2)cc1. The summed E-state index contributed by atoms with van der Waals surface area (Å²) in [5.41, 5.74) is 5.18. The minimum absolute atomic E-state index is 0.0297. The lowest BCUT2D eigenvalue weighted by atomic mass is 9.98. The van der Waals surface area contributed by atoms with Gasteiger partial charge in [0.2, 0.25) is 5.82 Å². The van der Waals surface area contributed by atoms with Crippen molar-refractivity contribution in [2.45, 2.75) is 32.6 Å². The Hall–Kier alpha value is -3.79. The molecule has 0 aliphatic carbocycles. The van der Waals surface area contributed by atoms with E-state index in [1.54, 1.807) is 6.07 Å². The van der Waals surface area contributed by atoms with Gasteiger partial charge in [-0.05, 0) is 65.3 Å². The van der Waals surface area contributed by atoms with Crippen molar-refractivity contribution < 1.29 is 17.9 Å². The first-order chi connectivity index (χ1) is 17.5. The highest BCUT2D eigenvalue weighted by molar-refractivity contribution is 5.67. The van der Waals surface area contributed by atoms with Crippen molar-refractivity contribution in [1.82, 2.24) is 0 Å². The first-order valence-corrected chi connectivity index (χ1v) is 12.2. The van der Waals surface area contributed by atoms with E-state index in [2.05, 4.69) is 43.0 Å². The first kappa shape index (κ1) is 25.3. The molecule has 0 radical (unpaired) electrons. The van der Waals surface area contributed by atoms with Crippen molar-refractivity contribution in [3.8, 4) is 28.0 Å². The average molecular weight is 487 g/mol. The fourth-order valence-electron chi connectivity index (χ4n) is 4.07. The fourth-order valence-corrected chi connectivity index (χ4v) is 4.07. The van der Waals surface area contributed by atoms with Crippen molar-refractivity contribution >= 4 is 6.08 Å². The monoisotopic (exact) mass is 486 g/mol. The molecule has 0 aliphatic heterocycles. The third-order valence-electron chi connectivity index (χ3n) is 6.26. The second-order valence-electron chi connectivity index (χ2n) is 8.78. The van der Waals surface area contributed by atoms with Crippen LogP contribution in [-0.4, -0.2) is 6.61 Å². The second kappa shape index (κ2) is 11.8. The fraction of sp³-hybridized carbons (Fsp3) is 0.188. The summed E-state index contributed by atoms with van der Waals surface area (Å²) in [6.45, 7) is 6.07. The van der Waals surface area contributed by atoms with Gasteiger partial charge in [-0.1, -0.05) is 86.7 Å². The third kappa shape index (κ3) is 5.88. The van der Waals surface area contributed by atoms with Crippen molar-refractivity contribution in [2.24, 2.45) is 0 Å². The van der Waals surface area contributed by atoms with E-state index in [9.17, 15) is 13.2 Å². The molecule has 0 fully saturated rings. The molecular weight excluding hydrogens is 457 g/mol. The van der Waals surface area contributed by atoms with Gasteiger partial charge in [-0.25, -0.2) is 8.78 Å². The van der Waals surface area contributed by atoms with Gasteiger partial charge in [-0.15, -0.1) is 0 Å². The number of benzene rings is 4. The van der Waals surface area contributed by atoms with Gasteiger partial charge in [-0.2, -0.15) is 4.39 Å². The Morgan fingerprint density at radius 1 is 0.722 bits per heavy atom. The van der Waals surface area contributed by atoms with E-state index in [1.165, 1.54) is 24.3 Å². The summed E-state index contributed by atoms with van der Waals surface area (Å²) in [4.78, 5) is 0. The molecule has 0 unspecified atom stereocenters. The summed E-state index contributed by atoms with van der Waals surface area (Å²) in [5.74, 6) is -2.92. The van der Waals surface area contributed by atoms with E-state index >= 15 is 0 Å². The smallest absolute Gasteiger partial charge is 0.201 e. The van der Waals surface area contributed by atoms with Crippen molar-refractivity contribution in [1.29, 1.82) is 0 Å². The quantitative estimate of drug-likeness (QED) is 0.203. The third-order valence-corrected chi connectivity index (χ3v) is 6.26. The molecule has 4 aromatic carbocycles. The van der Waals surface area contributed by atoms with Crippen LogP contribution in [0, 0.1) is 17.5 Å². The number of aryl methyl sites for hydroxylation is 2. The van der Waals surface area contributed by atoms with Crippen LogP contribution in [0.25, 0.3) is 28.3 Å². The van der Waals surface area contributed by atoms with Crippen LogP contribution >= 0.6 is 0 Å². The molecule has 0 saturated heterocycles. The molecule has 0 amide bonds. The van der Waals surface area contributed by atoms with E-state index in [0.717, 1.165) is 47.1 Å². The highest BCUT2D eigenvalue weighted by atomic mass is 19.2. The Bertz CT molecular complexity index is 1330. The van der Waals surface area contributed by atoms with Crippen molar-refractivity contribution in [3.05, 3.63) is 120 Å². The Morgan fingerprint density at radius 3 is 1.97 bits per heavy atom. The van der Waals surface area contributed by atoms with Gasteiger partial charge < -0.3 is 4.74 Å². The van der Waals surface area contributed by atoms with Crippen LogP contribution in [0.1, 0.15) is 36.5 Å². The van der Waals surface area contributed by atoms with Crippen LogP contribution < -0.4 is 4.74 Å². The zero-order valence-electron chi connectivity index (χ0n) is 20.4. The molecule has 0 aromatic heterocycles. The molecule has 4 heteroatoms. The molecule has 36 heavy (non-hydrogen) atoms. The van der Waals surface area contributed by atoms with Crippen molar-refractivity contribution in [3.63, 3.8) is 0 Å². The molecule has 1 nitrogen and oxygen atoms in total. The van der Waals surface area contributed by atoms with E-state index in [0.29, 0.717) is 13.0 Å². The Labute approximate surface area is 210 Å². The molecule has 0 saturated carbocycles. The van der Waals surface area contributed by atoms with Crippen LogP contribution in [-0.2, 0) is 12.8 Å². The van der Waals surface area contributed by atoms with Crippen LogP contribution in [0.5, 0.6) is 5.75 Å². The van der Waals surface area contributed by atoms with Crippen LogP contribution in [0.2, 0.25) is 0 Å². The van der Waals surface area contributed by atoms with Gasteiger partial charge in [0.25, 0.3) is 0 Å². The summed E-state index contributed by atoms with van der Waals surface area (Å²) in [6.07, 6.45) is 4.81. The summed E-state index contributed by atoms with van der Waals surface area (Å²) in [7, 11) is 0. The Balaban J connectivity index is 1.42. The van der Waals surface area contributed by atoms with Gasteiger partial charge in [-0.3, -0.25) is 0 Å². The maximum atomic E-state index is 14.9. The zero-order chi connectivity index (χ0) is 25.5. The van der Waals surface area contributed by atoms with E-state index < -0.39 is 17.5 Å². The van der Waals surface area contributed by atoms with E-state index in [1.807, 2.05) is 25.1 Å². The van der Waals surface area contributed by atoms with E-state index in [4.69, 9.17) is 4.74 Å². The molecule has 4 rings (SSSR count). The van der Waals surface area contributed by atoms with Crippen LogP contribution in [0.15, 0.2) is 85.4 Å². The molecule has 0 heterocycles. The molecule has 0 spiro atoms. The summed E-state index contributed by atoms with van der Waals surface area (Å²) < 4.78 is 49.3. The van der Waals surface area contributed by atoms with Gasteiger partial charge in [0.1, 0.15) is 5.82 Å². The standard InChI is InChI=1S/C32H29F3O/c1-3-5-20-36-30-19-18-28(31(34)32(30)35)27-17-12-24(21-29(27)33)7-6-23-10-15-26(16-11-23)25-13-8-22(4-2)9-14-25/h4,8-19,21H,2-3,5-7,20H2,1H3. The highest BCUT2D eigenvalue weighted by Gasteiger charge is 2.18. The molecule has 0 aliphatic rings. The lowest BCUT2D eigenvalue weighted by molar-refractivity contribution is 0.289. The summed E-state index contributed by atoms with van der Waals surface area (Å²) in [6, 6.07) is 23.9. The molecule has 0 N–H and O–H groups in total. The Kier molecular flexibility index (Phi) is 8.27. The number of hydrogen-bond acceptors (Lipinski definition) is 1. The molecule has 0 bridgehead atoms. The van der Waals surface area contributed by atoms with Gasteiger partial charge in [0, 0.05) is 11.1 Å². The number of halogens is 3. The lowest BCUT2D eigenvalue weighted by Gasteiger charge is -2.12. The van der Waals surface area contributed by atoms with Crippen LogP contribution in [0.4, 0.5) is 13.2 Å². The van der Waals surface area contributed by atoms with Crippen molar-refractivity contribution in [2.75, 3.05) is 6.61 Å². The predicted molar refractivity (Wildman–Crippen MR) is 142 cm³/mol. The number of rotatable bonds is 10. The number of hydrogen-bond donors (Lipinski definition) is 0. The number of unbranched alkanes of at least 4 members (excludes halogenated alkanes) is 1. The summed E-state index contributed by atoms with van der Waals surface area (Å²) in [5, 5.41) is 0. The van der Waals surface area contributed by atoms with Gasteiger partial charge in [0.15, 0.2) is 11.6 Å². The molecular formula is C32H29F3O. The Morgan fingerprint density at radius 2 is 1.33 bits per heavy atom. The topological polar surface area (TPSA) is 9.23 Å². The molecule has 0 atom stereocenters. The highest BCUT2D eigenvalue weighted by Crippen LogP contribution is 2.32. The summed E-state index contributed by atoms with van der Waals surface area (Å²) >= 11 is 0. The zero-order valence-corrected chi connectivity index (χ0v) is 20.4. The largest absolute Gasteiger partial charge is 0.490 e. The maximum absolute atomic E-state index is 14.9. The normalized spacial score (nSPS) is 10.9. The van der Waals surface area contributed by atoms with Gasteiger partial charge in [0.05, 0.1) is 6.61 Å². The second-order valence-corrected chi connectivity index (χ2v) is 8.78. The lowest BCUT2D eigenvalue weighted by Crippen LogP contribution is -2.02. The molecule has 4 aromatic rings. The van der Waals surface area contributed by atoms with E-state index in [-0.39, 0.29) is 16.9 Å².